The Morgan fingerprint density at radius 1 is 1.12 bits per heavy atom. The van der Waals surface area contributed by atoms with Crippen LogP contribution in [0.4, 0.5) is 11.4 Å². The SMILES string of the molecule is Cc1cccc(N(C=O)c2ccc(C(=O)O)cc2)c1C(C)Cc1c(Cl)cccc1C1CC1. The Balaban J connectivity index is 1.71. The van der Waals surface area contributed by atoms with Crippen molar-refractivity contribution in [2.45, 2.75) is 44.9 Å². The lowest BCUT2D eigenvalue weighted by Gasteiger charge is -2.26. The summed E-state index contributed by atoms with van der Waals surface area (Å²) in [5.41, 5.74) is 6.34. The predicted octanol–water partition coefficient (Wildman–Crippen LogP) is 6.86. The van der Waals surface area contributed by atoms with E-state index in [4.69, 9.17) is 11.6 Å². The van der Waals surface area contributed by atoms with Crippen LogP contribution in [-0.4, -0.2) is 17.5 Å². The molecule has 0 aliphatic heterocycles. The van der Waals surface area contributed by atoms with Crippen LogP contribution in [0.5, 0.6) is 0 Å². The van der Waals surface area contributed by atoms with Gasteiger partial charge in [0.05, 0.1) is 11.3 Å². The van der Waals surface area contributed by atoms with Crippen molar-refractivity contribution in [2.24, 2.45) is 0 Å². The van der Waals surface area contributed by atoms with E-state index in [2.05, 4.69) is 26.0 Å². The van der Waals surface area contributed by atoms with Gasteiger partial charge in [-0.1, -0.05) is 42.8 Å². The van der Waals surface area contributed by atoms with Crippen molar-refractivity contribution in [1.29, 1.82) is 0 Å². The fraction of sp³-hybridized carbons (Fsp3) is 0.259. The summed E-state index contributed by atoms with van der Waals surface area (Å²) >= 11 is 6.62. The lowest BCUT2D eigenvalue weighted by Crippen LogP contribution is -2.18. The number of anilines is 2. The summed E-state index contributed by atoms with van der Waals surface area (Å²) in [6.07, 6.45) is 3.99. The Bertz CT molecular complexity index is 1150. The van der Waals surface area contributed by atoms with Gasteiger partial charge in [-0.25, -0.2) is 4.79 Å². The number of carbonyl (C=O) groups excluding carboxylic acids is 1. The number of aryl methyl sites for hydroxylation is 1. The lowest BCUT2D eigenvalue weighted by molar-refractivity contribution is -0.106. The van der Waals surface area contributed by atoms with Crippen molar-refractivity contribution in [2.75, 3.05) is 4.90 Å². The number of halogens is 1. The van der Waals surface area contributed by atoms with E-state index < -0.39 is 5.97 Å². The van der Waals surface area contributed by atoms with Crippen LogP contribution < -0.4 is 4.90 Å². The van der Waals surface area contributed by atoms with Gasteiger partial charge in [0, 0.05) is 10.7 Å². The fourth-order valence-corrected chi connectivity index (χ4v) is 4.77. The van der Waals surface area contributed by atoms with Crippen LogP contribution in [0, 0.1) is 6.92 Å². The van der Waals surface area contributed by atoms with Crippen LogP contribution in [0.1, 0.15) is 64.2 Å². The molecule has 1 saturated carbocycles. The first kappa shape index (κ1) is 22.1. The van der Waals surface area contributed by atoms with Crippen molar-refractivity contribution in [3.05, 3.63) is 93.5 Å². The van der Waals surface area contributed by atoms with Crippen molar-refractivity contribution >= 4 is 35.4 Å². The van der Waals surface area contributed by atoms with Gasteiger partial charge in [-0.15, -0.1) is 0 Å². The zero-order valence-electron chi connectivity index (χ0n) is 18.2. The molecule has 5 heteroatoms. The summed E-state index contributed by atoms with van der Waals surface area (Å²) in [4.78, 5) is 24.9. The van der Waals surface area contributed by atoms with Crippen LogP contribution in [0.3, 0.4) is 0 Å². The number of benzene rings is 3. The summed E-state index contributed by atoms with van der Waals surface area (Å²) in [6.45, 7) is 4.22. The number of hydrogen-bond acceptors (Lipinski definition) is 2. The van der Waals surface area contributed by atoms with E-state index in [0.717, 1.165) is 34.7 Å². The van der Waals surface area contributed by atoms with Gasteiger partial charge in [-0.2, -0.15) is 0 Å². The molecule has 1 N–H and O–H groups in total. The summed E-state index contributed by atoms with van der Waals surface area (Å²) in [6, 6.07) is 18.4. The molecular formula is C27H26ClNO3. The van der Waals surface area contributed by atoms with Crippen molar-refractivity contribution in [3.8, 4) is 0 Å². The molecule has 1 fully saturated rings. The largest absolute Gasteiger partial charge is 0.478 e. The summed E-state index contributed by atoms with van der Waals surface area (Å²) in [5.74, 6) is -0.263. The molecule has 0 spiro atoms. The number of nitrogens with zero attached hydrogens (tertiary/aromatic N) is 1. The summed E-state index contributed by atoms with van der Waals surface area (Å²) < 4.78 is 0. The molecule has 0 bridgehead atoms. The molecule has 1 aliphatic rings. The van der Waals surface area contributed by atoms with Gasteiger partial charge >= 0.3 is 5.97 Å². The number of carboxylic acids is 1. The van der Waals surface area contributed by atoms with Gasteiger partial charge in [0.1, 0.15) is 0 Å². The van der Waals surface area contributed by atoms with Crippen LogP contribution in [0.15, 0.2) is 60.7 Å². The molecule has 3 aromatic carbocycles. The van der Waals surface area contributed by atoms with Crippen LogP contribution >= 0.6 is 11.6 Å². The Kier molecular flexibility index (Phi) is 6.33. The third-order valence-corrected chi connectivity index (χ3v) is 6.59. The van der Waals surface area contributed by atoms with Gasteiger partial charge in [0.15, 0.2) is 0 Å². The minimum atomic E-state index is -0.995. The third kappa shape index (κ3) is 4.42. The van der Waals surface area contributed by atoms with Crippen molar-refractivity contribution in [3.63, 3.8) is 0 Å². The van der Waals surface area contributed by atoms with Gasteiger partial charge in [0.25, 0.3) is 0 Å². The molecule has 1 unspecified atom stereocenters. The highest BCUT2D eigenvalue weighted by molar-refractivity contribution is 6.31. The van der Waals surface area contributed by atoms with E-state index in [-0.39, 0.29) is 11.5 Å². The van der Waals surface area contributed by atoms with E-state index in [0.29, 0.717) is 11.6 Å². The highest BCUT2D eigenvalue weighted by atomic mass is 35.5. The third-order valence-electron chi connectivity index (χ3n) is 6.23. The van der Waals surface area contributed by atoms with Crippen LogP contribution in [0.25, 0.3) is 0 Å². The first-order valence-corrected chi connectivity index (χ1v) is 11.2. The minimum absolute atomic E-state index is 0.129. The standard InChI is InChI=1S/C27H26ClNO3/c1-17-5-3-8-25(29(16-30)21-13-11-20(12-14-21)27(31)32)26(17)18(2)15-23-22(19-9-10-19)6-4-7-24(23)28/h3-8,11-14,16,18-19H,9-10,15H2,1-2H3,(H,31,32). The molecule has 4 rings (SSSR count). The first-order valence-electron chi connectivity index (χ1n) is 10.9. The maximum absolute atomic E-state index is 12.2. The topological polar surface area (TPSA) is 57.6 Å². The lowest BCUT2D eigenvalue weighted by atomic mass is 9.86. The molecule has 4 nitrogen and oxygen atoms in total. The van der Waals surface area contributed by atoms with Crippen molar-refractivity contribution < 1.29 is 14.7 Å². The summed E-state index contributed by atoms with van der Waals surface area (Å²) in [7, 11) is 0. The number of hydrogen-bond donors (Lipinski definition) is 1. The fourth-order valence-electron chi connectivity index (χ4n) is 4.51. The second-order valence-corrected chi connectivity index (χ2v) is 8.93. The molecule has 0 heterocycles. The van der Waals surface area contributed by atoms with Crippen LogP contribution in [-0.2, 0) is 11.2 Å². The molecule has 0 aromatic heterocycles. The van der Waals surface area contributed by atoms with Gasteiger partial charge in [-0.05, 0) is 96.7 Å². The van der Waals surface area contributed by atoms with E-state index >= 15 is 0 Å². The van der Waals surface area contributed by atoms with E-state index in [9.17, 15) is 14.7 Å². The average Bonchev–Trinajstić information content (AvgIpc) is 3.61. The molecular weight excluding hydrogens is 422 g/mol. The predicted molar refractivity (Wildman–Crippen MR) is 128 cm³/mol. The highest BCUT2D eigenvalue weighted by Gasteiger charge is 2.28. The second kappa shape index (κ2) is 9.17. The van der Waals surface area contributed by atoms with Crippen LogP contribution in [0.2, 0.25) is 5.02 Å². The monoisotopic (exact) mass is 447 g/mol. The Labute approximate surface area is 193 Å². The van der Waals surface area contributed by atoms with Crippen molar-refractivity contribution in [1.82, 2.24) is 0 Å². The number of carboxylic acid groups (broad SMARTS) is 1. The van der Waals surface area contributed by atoms with Gasteiger partial charge in [0.2, 0.25) is 6.41 Å². The molecule has 1 atom stereocenters. The molecule has 1 amide bonds. The average molecular weight is 448 g/mol. The number of aromatic carboxylic acids is 1. The quantitative estimate of drug-likeness (QED) is 0.383. The number of carbonyl (C=O) groups is 2. The molecule has 3 aromatic rings. The van der Waals surface area contributed by atoms with Gasteiger partial charge < -0.3 is 5.11 Å². The molecule has 1 aliphatic carbocycles. The van der Waals surface area contributed by atoms with Gasteiger partial charge in [-0.3, -0.25) is 9.69 Å². The minimum Gasteiger partial charge on any atom is -0.478 e. The number of amides is 1. The zero-order valence-corrected chi connectivity index (χ0v) is 19.0. The van der Waals surface area contributed by atoms with E-state index in [1.165, 1.54) is 36.1 Å². The first-order chi connectivity index (χ1) is 15.4. The summed E-state index contributed by atoms with van der Waals surface area (Å²) in [5, 5.41) is 9.98. The van der Waals surface area contributed by atoms with E-state index in [1.54, 1.807) is 17.0 Å². The molecule has 164 valence electrons. The maximum Gasteiger partial charge on any atom is 0.335 e. The Morgan fingerprint density at radius 3 is 2.44 bits per heavy atom. The normalized spacial score (nSPS) is 14.1. The molecule has 0 radical (unpaired) electrons. The molecule has 32 heavy (non-hydrogen) atoms. The van der Waals surface area contributed by atoms with E-state index in [1.807, 2.05) is 24.3 Å². The Morgan fingerprint density at radius 2 is 1.81 bits per heavy atom. The smallest absolute Gasteiger partial charge is 0.335 e. The second-order valence-electron chi connectivity index (χ2n) is 8.52. The zero-order chi connectivity index (χ0) is 22.8. The maximum atomic E-state index is 12.2. The molecule has 0 saturated heterocycles. The number of rotatable bonds is 8. The highest BCUT2D eigenvalue weighted by Crippen LogP contribution is 2.45. The Hall–Kier alpha value is -3.11.